The average molecular weight is 417 g/mol. The summed E-state index contributed by atoms with van der Waals surface area (Å²) in [7, 11) is 6.88. The molecule has 0 radical (unpaired) electrons. The van der Waals surface area contributed by atoms with Crippen LogP contribution in [0.5, 0.6) is 5.75 Å². The SMILES string of the molecule is CN=C(NCCc1cccc(C(=O)N(C)C)c1)NCCc1ccc(OC)cc1Cl. The predicted octanol–water partition coefficient (Wildman–Crippen LogP) is 3.00. The normalized spacial score (nSPS) is 11.1. The number of carbonyl (C=O) groups is 1. The summed E-state index contributed by atoms with van der Waals surface area (Å²) < 4.78 is 5.17. The Morgan fingerprint density at radius 3 is 2.45 bits per heavy atom. The maximum Gasteiger partial charge on any atom is 0.253 e. The highest BCUT2D eigenvalue weighted by Gasteiger charge is 2.08. The van der Waals surface area contributed by atoms with E-state index < -0.39 is 0 Å². The van der Waals surface area contributed by atoms with E-state index in [2.05, 4.69) is 15.6 Å². The van der Waals surface area contributed by atoms with Gasteiger partial charge in [-0.25, -0.2) is 0 Å². The zero-order valence-corrected chi connectivity index (χ0v) is 18.2. The maximum atomic E-state index is 12.1. The summed E-state index contributed by atoms with van der Waals surface area (Å²) in [6.07, 6.45) is 1.57. The lowest BCUT2D eigenvalue weighted by molar-refractivity contribution is 0.0827. The molecule has 2 aromatic carbocycles. The van der Waals surface area contributed by atoms with Crippen LogP contribution in [0.2, 0.25) is 5.02 Å². The fraction of sp³-hybridized carbons (Fsp3) is 0.364. The molecule has 0 unspecified atom stereocenters. The van der Waals surface area contributed by atoms with Gasteiger partial charge in [0, 0.05) is 44.8 Å². The van der Waals surface area contributed by atoms with Gasteiger partial charge < -0.3 is 20.3 Å². The van der Waals surface area contributed by atoms with Crippen LogP contribution in [0.25, 0.3) is 0 Å². The molecule has 0 aliphatic heterocycles. The van der Waals surface area contributed by atoms with Gasteiger partial charge in [-0.15, -0.1) is 0 Å². The highest BCUT2D eigenvalue weighted by atomic mass is 35.5. The monoisotopic (exact) mass is 416 g/mol. The number of amides is 1. The van der Waals surface area contributed by atoms with Gasteiger partial charge in [-0.2, -0.15) is 0 Å². The number of carbonyl (C=O) groups excluding carboxylic acids is 1. The molecule has 29 heavy (non-hydrogen) atoms. The van der Waals surface area contributed by atoms with E-state index in [0.717, 1.165) is 35.7 Å². The number of guanidine groups is 1. The molecule has 0 fully saturated rings. The van der Waals surface area contributed by atoms with Crippen molar-refractivity contribution >= 4 is 23.5 Å². The molecule has 0 spiro atoms. The molecule has 0 atom stereocenters. The largest absolute Gasteiger partial charge is 0.497 e. The van der Waals surface area contributed by atoms with Crippen LogP contribution in [0, 0.1) is 0 Å². The molecule has 0 aliphatic carbocycles. The summed E-state index contributed by atoms with van der Waals surface area (Å²) in [5, 5.41) is 7.29. The minimum atomic E-state index is 0.00878. The van der Waals surface area contributed by atoms with Crippen molar-refractivity contribution in [3.63, 3.8) is 0 Å². The number of benzene rings is 2. The fourth-order valence-electron chi connectivity index (χ4n) is 2.84. The molecule has 0 bridgehead atoms. The first kappa shape index (κ1) is 22.6. The number of ether oxygens (including phenoxy) is 1. The van der Waals surface area contributed by atoms with E-state index in [1.54, 1.807) is 33.2 Å². The van der Waals surface area contributed by atoms with E-state index in [1.807, 2.05) is 42.5 Å². The predicted molar refractivity (Wildman–Crippen MR) is 119 cm³/mol. The second kappa shape index (κ2) is 11.3. The van der Waals surface area contributed by atoms with Crippen molar-refractivity contribution in [1.29, 1.82) is 0 Å². The Bertz CT molecular complexity index is 852. The van der Waals surface area contributed by atoms with Crippen LogP contribution < -0.4 is 15.4 Å². The summed E-state index contributed by atoms with van der Waals surface area (Å²) in [6, 6.07) is 13.4. The second-order valence-electron chi connectivity index (χ2n) is 6.78. The first-order valence-corrected chi connectivity index (χ1v) is 9.90. The van der Waals surface area contributed by atoms with E-state index >= 15 is 0 Å². The summed E-state index contributed by atoms with van der Waals surface area (Å²) >= 11 is 6.28. The van der Waals surface area contributed by atoms with Gasteiger partial charge in [0.15, 0.2) is 5.96 Å². The second-order valence-corrected chi connectivity index (χ2v) is 7.19. The van der Waals surface area contributed by atoms with E-state index in [0.29, 0.717) is 23.7 Å². The summed E-state index contributed by atoms with van der Waals surface area (Å²) in [5.74, 6) is 1.49. The lowest BCUT2D eigenvalue weighted by Gasteiger charge is -2.13. The topological polar surface area (TPSA) is 66.0 Å². The molecule has 2 aromatic rings. The highest BCUT2D eigenvalue weighted by Crippen LogP contribution is 2.22. The molecule has 2 N–H and O–H groups in total. The van der Waals surface area contributed by atoms with Gasteiger partial charge in [0.1, 0.15) is 5.75 Å². The van der Waals surface area contributed by atoms with Crippen molar-refractivity contribution in [2.45, 2.75) is 12.8 Å². The number of rotatable bonds is 8. The minimum absolute atomic E-state index is 0.00878. The van der Waals surface area contributed by atoms with Crippen LogP contribution in [0.1, 0.15) is 21.5 Å². The van der Waals surface area contributed by atoms with Gasteiger partial charge >= 0.3 is 0 Å². The number of halogens is 1. The Labute approximate surface area is 177 Å². The van der Waals surface area contributed by atoms with Crippen LogP contribution >= 0.6 is 11.6 Å². The van der Waals surface area contributed by atoms with Gasteiger partial charge in [0.25, 0.3) is 5.91 Å². The number of nitrogens with zero attached hydrogens (tertiary/aromatic N) is 2. The van der Waals surface area contributed by atoms with Gasteiger partial charge in [-0.05, 0) is 48.2 Å². The van der Waals surface area contributed by atoms with E-state index in [4.69, 9.17) is 16.3 Å². The van der Waals surface area contributed by atoms with Crippen LogP contribution in [0.3, 0.4) is 0 Å². The molecule has 0 saturated carbocycles. The molecule has 0 aliphatic rings. The Hall–Kier alpha value is -2.73. The van der Waals surface area contributed by atoms with Crippen LogP contribution in [-0.4, -0.2) is 58.1 Å². The molecule has 6 nitrogen and oxygen atoms in total. The van der Waals surface area contributed by atoms with Crippen LogP contribution in [-0.2, 0) is 12.8 Å². The van der Waals surface area contributed by atoms with Crippen molar-refractivity contribution in [2.75, 3.05) is 41.3 Å². The zero-order chi connectivity index (χ0) is 21.2. The molecular weight excluding hydrogens is 388 g/mol. The number of methoxy groups -OCH3 is 1. The number of nitrogens with one attached hydrogen (secondary N) is 2. The van der Waals surface area contributed by atoms with Crippen molar-refractivity contribution < 1.29 is 9.53 Å². The van der Waals surface area contributed by atoms with Gasteiger partial charge in [0.05, 0.1) is 7.11 Å². The van der Waals surface area contributed by atoms with Crippen LogP contribution in [0.15, 0.2) is 47.5 Å². The molecule has 0 saturated heterocycles. The summed E-state index contributed by atoms with van der Waals surface area (Å²) in [6.45, 7) is 1.42. The molecule has 2 rings (SSSR count). The fourth-order valence-corrected chi connectivity index (χ4v) is 3.10. The Kier molecular flexibility index (Phi) is 8.80. The summed E-state index contributed by atoms with van der Waals surface area (Å²) in [4.78, 5) is 17.9. The summed E-state index contributed by atoms with van der Waals surface area (Å²) in [5.41, 5.74) is 2.86. The molecular formula is C22H29ClN4O2. The van der Waals surface area contributed by atoms with Crippen LogP contribution in [0.4, 0.5) is 0 Å². The Morgan fingerprint density at radius 1 is 1.10 bits per heavy atom. The highest BCUT2D eigenvalue weighted by molar-refractivity contribution is 6.31. The van der Waals surface area contributed by atoms with E-state index in [-0.39, 0.29) is 5.91 Å². The number of hydrogen-bond donors (Lipinski definition) is 2. The third kappa shape index (κ3) is 6.98. The maximum absolute atomic E-state index is 12.1. The first-order chi connectivity index (χ1) is 13.9. The lowest BCUT2D eigenvalue weighted by atomic mass is 10.1. The average Bonchev–Trinajstić information content (AvgIpc) is 2.73. The third-order valence-electron chi connectivity index (χ3n) is 4.46. The van der Waals surface area contributed by atoms with Crippen molar-refractivity contribution in [3.8, 4) is 5.75 Å². The molecule has 0 aromatic heterocycles. The minimum Gasteiger partial charge on any atom is -0.497 e. The van der Waals surface area contributed by atoms with Crippen molar-refractivity contribution in [1.82, 2.24) is 15.5 Å². The number of hydrogen-bond acceptors (Lipinski definition) is 3. The van der Waals surface area contributed by atoms with E-state index in [9.17, 15) is 4.79 Å². The molecule has 0 heterocycles. The van der Waals surface area contributed by atoms with Gasteiger partial charge in [-0.1, -0.05) is 29.8 Å². The van der Waals surface area contributed by atoms with Crippen molar-refractivity contribution in [2.24, 2.45) is 4.99 Å². The van der Waals surface area contributed by atoms with Gasteiger partial charge in [-0.3, -0.25) is 9.79 Å². The smallest absolute Gasteiger partial charge is 0.253 e. The van der Waals surface area contributed by atoms with E-state index in [1.165, 1.54) is 0 Å². The Balaban J connectivity index is 1.80. The quantitative estimate of drug-likeness (QED) is 0.513. The molecule has 7 heteroatoms. The molecule has 156 valence electrons. The molecule has 1 amide bonds. The standard InChI is InChI=1S/C22H29ClN4O2/c1-24-22(26-13-11-17-8-9-19(29-4)15-20(17)23)25-12-10-16-6-5-7-18(14-16)21(28)27(2)3/h5-9,14-15H,10-13H2,1-4H3,(H2,24,25,26). The Morgan fingerprint density at radius 2 is 1.83 bits per heavy atom. The van der Waals surface area contributed by atoms with Crippen molar-refractivity contribution in [3.05, 3.63) is 64.2 Å². The first-order valence-electron chi connectivity index (χ1n) is 9.52. The lowest BCUT2D eigenvalue weighted by Crippen LogP contribution is -2.39. The number of aliphatic imine (C=N–C) groups is 1. The third-order valence-corrected chi connectivity index (χ3v) is 4.81. The zero-order valence-electron chi connectivity index (χ0n) is 17.5. The van der Waals surface area contributed by atoms with Gasteiger partial charge in [0.2, 0.25) is 0 Å².